The van der Waals surface area contributed by atoms with Crippen molar-refractivity contribution < 1.29 is 9.53 Å². The number of nitrogens with one attached hydrogen (secondary N) is 2. The van der Waals surface area contributed by atoms with Crippen LogP contribution in [-0.2, 0) is 0 Å². The van der Waals surface area contributed by atoms with Crippen LogP contribution in [0.15, 0.2) is 53.9 Å². The lowest BCUT2D eigenvalue weighted by Crippen LogP contribution is -2.41. The van der Waals surface area contributed by atoms with Gasteiger partial charge in [-0.05, 0) is 45.0 Å². The van der Waals surface area contributed by atoms with Gasteiger partial charge in [0, 0.05) is 28.6 Å². The smallest absolute Gasteiger partial charge is 0.251 e. The summed E-state index contributed by atoms with van der Waals surface area (Å²) in [5.41, 5.74) is 3.11. The molecule has 2 heterocycles. The van der Waals surface area contributed by atoms with Crippen LogP contribution in [0.2, 0.25) is 0 Å². The fourth-order valence-electron chi connectivity index (χ4n) is 3.45. The molecule has 0 saturated carbocycles. The van der Waals surface area contributed by atoms with Crippen LogP contribution in [0.1, 0.15) is 47.9 Å². The second kappa shape index (κ2) is 7.28. The number of aromatic nitrogens is 1. The number of nitrogens with zero attached hydrogens (tertiary/aromatic N) is 1. The van der Waals surface area contributed by atoms with Crippen molar-refractivity contribution in [3.05, 3.63) is 70.7 Å². The summed E-state index contributed by atoms with van der Waals surface area (Å²) < 4.78 is 6.06. The van der Waals surface area contributed by atoms with E-state index < -0.39 is 0 Å². The van der Waals surface area contributed by atoms with Gasteiger partial charge >= 0.3 is 0 Å². The highest BCUT2D eigenvalue weighted by Gasteiger charge is 2.34. The minimum Gasteiger partial charge on any atom is -0.487 e. The third kappa shape index (κ3) is 4.02. The maximum atomic E-state index is 12.9. The molecule has 5 nitrogen and oxygen atoms in total. The first-order valence-electron chi connectivity index (χ1n) is 9.28. The van der Waals surface area contributed by atoms with E-state index in [1.165, 1.54) is 0 Å². The van der Waals surface area contributed by atoms with Gasteiger partial charge in [-0.2, -0.15) is 0 Å². The Hall–Kier alpha value is -2.86. The Morgan fingerprint density at radius 3 is 2.82 bits per heavy atom. The van der Waals surface area contributed by atoms with Crippen molar-refractivity contribution in [1.29, 1.82) is 0 Å². The highest BCUT2D eigenvalue weighted by atomic mass is 32.1. The molecule has 1 atom stereocenters. The fraction of sp³-hybridized carbons (Fsp3) is 0.273. The number of hydrogen-bond acceptors (Lipinski definition) is 5. The molecule has 0 bridgehead atoms. The lowest BCUT2D eigenvalue weighted by Gasteiger charge is -2.37. The van der Waals surface area contributed by atoms with Crippen molar-refractivity contribution in [2.45, 2.75) is 38.8 Å². The first-order valence-corrected chi connectivity index (χ1v) is 10.2. The molecule has 3 aromatic rings. The number of ether oxygens (including phenoxy) is 1. The number of benzene rings is 2. The lowest BCUT2D eigenvalue weighted by molar-refractivity contribution is 0.0619. The molecule has 0 radical (unpaired) electrons. The van der Waals surface area contributed by atoms with Crippen molar-refractivity contribution >= 4 is 28.1 Å². The molecule has 144 valence electrons. The van der Waals surface area contributed by atoms with Crippen molar-refractivity contribution in [1.82, 2.24) is 10.3 Å². The van der Waals surface area contributed by atoms with Gasteiger partial charge in [-0.1, -0.05) is 24.3 Å². The molecule has 1 aliphatic heterocycles. The first-order chi connectivity index (χ1) is 13.4. The summed E-state index contributed by atoms with van der Waals surface area (Å²) >= 11 is 1.54. The number of aryl methyl sites for hydroxylation is 1. The van der Waals surface area contributed by atoms with E-state index in [1.54, 1.807) is 11.3 Å². The van der Waals surface area contributed by atoms with Gasteiger partial charge in [0.25, 0.3) is 5.91 Å². The molecule has 0 spiro atoms. The Labute approximate surface area is 168 Å². The largest absolute Gasteiger partial charge is 0.487 e. The van der Waals surface area contributed by atoms with Gasteiger partial charge in [-0.15, -0.1) is 11.3 Å². The van der Waals surface area contributed by atoms with Gasteiger partial charge in [-0.25, -0.2) is 4.98 Å². The minimum atomic E-state index is -0.335. The van der Waals surface area contributed by atoms with E-state index >= 15 is 0 Å². The van der Waals surface area contributed by atoms with E-state index in [0.717, 1.165) is 27.8 Å². The number of carbonyl (C=O) groups excluding carboxylic acids is 1. The van der Waals surface area contributed by atoms with Crippen molar-refractivity contribution in [2.24, 2.45) is 0 Å². The van der Waals surface area contributed by atoms with E-state index in [-0.39, 0.29) is 17.6 Å². The molecule has 28 heavy (non-hydrogen) atoms. The second-order valence-electron chi connectivity index (χ2n) is 7.63. The Morgan fingerprint density at radius 1 is 1.21 bits per heavy atom. The van der Waals surface area contributed by atoms with Crippen molar-refractivity contribution in [3.63, 3.8) is 0 Å². The summed E-state index contributed by atoms with van der Waals surface area (Å²) in [4.78, 5) is 17.4. The number of rotatable bonds is 4. The van der Waals surface area contributed by atoms with Crippen LogP contribution < -0.4 is 15.4 Å². The Balaban J connectivity index is 1.53. The molecule has 0 fully saturated rings. The molecule has 0 saturated heterocycles. The molecule has 4 rings (SSSR count). The van der Waals surface area contributed by atoms with Gasteiger partial charge in [0.05, 0.1) is 11.7 Å². The van der Waals surface area contributed by atoms with Crippen LogP contribution in [0.4, 0.5) is 10.8 Å². The van der Waals surface area contributed by atoms with E-state index in [1.807, 2.05) is 74.7 Å². The average Bonchev–Trinajstić information content (AvgIpc) is 3.05. The molecular weight excluding hydrogens is 370 g/mol. The zero-order chi connectivity index (χ0) is 19.7. The van der Waals surface area contributed by atoms with Gasteiger partial charge in [0.15, 0.2) is 5.13 Å². The Bertz CT molecular complexity index is 1010. The topological polar surface area (TPSA) is 63.2 Å². The average molecular weight is 394 g/mol. The van der Waals surface area contributed by atoms with E-state index in [0.29, 0.717) is 12.0 Å². The third-order valence-corrected chi connectivity index (χ3v) is 5.55. The summed E-state index contributed by atoms with van der Waals surface area (Å²) in [5.74, 6) is 0.732. The normalized spacial score (nSPS) is 17.3. The number of hydrogen-bond donors (Lipinski definition) is 2. The molecule has 0 aliphatic carbocycles. The highest BCUT2D eigenvalue weighted by molar-refractivity contribution is 7.13. The number of anilines is 2. The fourth-order valence-corrected chi connectivity index (χ4v) is 4.15. The highest BCUT2D eigenvalue weighted by Crippen LogP contribution is 2.39. The molecule has 1 aliphatic rings. The predicted octanol–water partition coefficient (Wildman–Crippen LogP) is 5.23. The zero-order valence-electron chi connectivity index (χ0n) is 16.2. The molecule has 6 heteroatoms. The SMILES string of the molecule is Cc1csc(Nc2cccc(C(=O)N[C@H]3CC(C)(C)Oc4ccccc43)c2)n1. The molecular formula is C22H23N3O2S. The monoisotopic (exact) mass is 393 g/mol. The van der Waals surface area contributed by atoms with E-state index in [4.69, 9.17) is 4.74 Å². The lowest BCUT2D eigenvalue weighted by atomic mass is 9.89. The van der Waals surface area contributed by atoms with Crippen molar-refractivity contribution in [2.75, 3.05) is 5.32 Å². The summed E-state index contributed by atoms with van der Waals surface area (Å²) in [6.45, 7) is 6.05. The summed E-state index contributed by atoms with van der Waals surface area (Å²) in [6.07, 6.45) is 0.714. The van der Waals surface area contributed by atoms with Gasteiger partial charge in [0.1, 0.15) is 11.4 Å². The molecule has 2 N–H and O–H groups in total. The number of amides is 1. The van der Waals surface area contributed by atoms with Crippen LogP contribution >= 0.6 is 11.3 Å². The summed E-state index contributed by atoms with van der Waals surface area (Å²) in [6, 6.07) is 15.3. The molecule has 1 aromatic heterocycles. The predicted molar refractivity (Wildman–Crippen MR) is 113 cm³/mol. The third-order valence-electron chi connectivity index (χ3n) is 4.68. The second-order valence-corrected chi connectivity index (χ2v) is 8.49. The zero-order valence-corrected chi connectivity index (χ0v) is 17.0. The summed E-state index contributed by atoms with van der Waals surface area (Å²) in [7, 11) is 0. The van der Waals surface area contributed by atoms with Crippen LogP contribution in [0.5, 0.6) is 5.75 Å². The van der Waals surface area contributed by atoms with Gasteiger partial charge in [-0.3, -0.25) is 4.79 Å². The maximum absolute atomic E-state index is 12.9. The molecule has 1 amide bonds. The van der Waals surface area contributed by atoms with Crippen LogP contribution in [0, 0.1) is 6.92 Å². The van der Waals surface area contributed by atoms with Crippen LogP contribution in [-0.4, -0.2) is 16.5 Å². The van der Waals surface area contributed by atoms with Gasteiger partial charge < -0.3 is 15.4 Å². The van der Waals surface area contributed by atoms with Crippen molar-refractivity contribution in [3.8, 4) is 5.75 Å². The van der Waals surface area contributed by atoms with E-state index in [2.05, 4.69) is 15.6 Å². The first kappa shape index (κ1) is 18.5. The summed E-state index contributed by atoms with van der Waals surface area (Å²) in [5, 5.41) is 9.25. The van der Waals surface area contributed by atoms with Crippen LogP contribution in [0.25, 0.3) is 0 Å². The quantitative estimate of drug-likeness (QED) is 0.637. The Kier molecular flexibility index (Phi) is 4.81. The number of para-hydroxylation sites is 1. The molecule has 2 aromatic carbocycles. The molecule has 0 unspecified atom stereocenters. The number of fused-ring (bicyclic) bond motifs is 1. The Morgan fingerprint density at radius 2 is 2.04 bits per heavy atom. The number of thiazole rings is 1. The minimum absolute atomic E-state index is 0.0920. The van der Waals surface area contributed by atoms with Gasteiger partial charge in [0.2, 0.25) is 0 Å². The number of carbonyl (C=O) groups is 1. The standard InChI is InChI=1S/C22H23N3O2S/c1-14-13-28-21(23-14)24-16-8-6-7-15(11-16)20(26)25-18-12-22(2,3)27-19-10-5-4-9-17(18)19/h4-11,13,18H,12H2,1-3H3,(H,23,24)(H,25,26)/t18-/m0/s1. The van der Waals surface area contributed by atoms with Crippen LogP contribution in [0.3, 0.4) is 0 Å². The maximum Gasteiger partial charge on any atom is 0.251 e. The van der Waals surface area contributed by atoms with E-state index in [9.17, 15) is 4.79 Å².